The van der Waals surface area contributed by atoms with Crippen molar-refractivity contribution in [3.05, 3.63) is 49.7 Å². The summed E-state index contributed by atoms with van der Waals surface area (Å²) in [5.74, 6) is 0. The Morgan fingerprint density at radius 3 is 1.77 bits per heavy atom. The average molecular weight is 617 g/mol. The van der Waals surface area contributed by atoms with Crippen molar-refractivity contribution in [1.29, 1.82) is 0 Å². The Labute approximate surface area is 247 Å². The van der Waals surface area contributed by atoms with E-state index in [1.807, 2.05) is 0 Å². The van der Waals surface area contributed by atoms with Crippen LogP contribution in [0.15, 0.2) is 49.7 Å². The topological polar surface area (TPSA) is 253 Å². The molecule has 6 rings (SSSR count). The van der Waals surface area contributed by atoms with Gasteiger partial charge in [0.05, 0.1) is 31.8 Å². The van der Waals surface area contributed by atoms with Gasteiger partial charge in [-0.25, -0.2) is 19.3 Å². The van der Waals surface area contributed by atoms with Crippen LogP contribution in [0.1, 0.15) is 12.1 Å². The number of nitrogens with zero attached hydrogens (tertiary/aromatic N) is 10. The molecule has 8 unspecified atom stereocenters. The summed E-state index contributed by atoms with van der Waals surface area (Å²) < 4.78 is 14.2. The normalized spacial score (nSPS) is 33.0. The van der Waals surface area contributed by atoms with Crippen LogP contribution in [0, 0.1) is 0 Å². The van der Waals surface area contributed by atoms with E-state index in [2.05, 4.69) is 40.6 Å². The van der Waals surface area contributed by atoms with Gasteiger partial charge in [-0.2, -0.15) is 0 Å². The minimum atomic E-state index is -1.44. The van der Waals surface area contributed by atoms with Crippen molar-refractivity contribution < 1.29 is 40.1 Å². The van der Waals surface area contributed by atoms with E-state index >= 15 is 0 Å². The van der Waals surface area contributed by atoms with Gasteiger partial charge in [-0.05, 0) is 0 Å². The monoisotopic (exact) mass is 616 g/mol. The zero-order valence-electron chi connectivity index (χ0n) is 22.2. The number of thioether (sulfide) groups is 1. The highest BCUT2D eigenvalue weighted by Gasteiger charge is 2.51. The molecule has 6 N–H and O–H groups in total. The van der Waals surface area contributed by atoms with Crippen molar-refractivity contribution in [2.45, 2.75) is 59.6 Å². The minimum absolute atomic E-state index is 0.340. The molecule has 18 nitrogen and oxygen atoms in total. The molecule has 0 saturated carbocycles. The minimum Gasteiger partial charge on any atom is -0.394 e. The third-order valence-corrected chi connectivity index (χ3v) is 8.60. The standard InChI is InChI=1S/C24H28N10O8S/c35-8-15-19(37)17(33-6-13(29-31-33)11-3-26-10-27-4-11)21(39)23(41-15)43-24-22(40)18(20(38)16(9-36)42-24)34-7-14(30-32-34)12-5-25-1-2-28-12/h1-7,10,15-24,35-40H,8-9H2/t15-,16?,17?,18?,19?,20?,21?,22?,23+,24?/m1/s1. The number of hydrogen-bond acceptors (Lipinski definition) is 17. The molecular weight excluding hydrogens is 588 g/mol. The summed E-state index contributed by atoms with van der Waals surface area (Å²) in [6.07, 6.45) is 3.93. The van der Waals surface area contributed by atoms with Crippen molar-refractivity contribution >= 4 is 11.8 Å². The first-order valence-corrected chi connectivity index (χ1v) is 14.1. The molecule has 4 aromatic heterocycles. The molecule has 0 aromatic carbocycles. The van der Waals surface area contributed by atoms with Gasteiger partial charge in [-0.3, -0.25) is 9.97 Å². The average Bonchev–Trinajstić information content (AvgIpc) is 3.72. The summed E-state index contributed by atoms with van der Waals surface area (Å²) in [5.41, 5.74) is -0.631. The number of rotatable bonds is 8. The largest absolute Gasteiger partial charge is 0.394 e. The van der Waals surface area contributed by atoms with Crippen LogP contribution >= 0.6 is 11.8 Å². The lowest BCUT2D eigenvalue weighted by atomic mass is 9.97. The van der Waals surface area contributed by atoms with Crippen LogP contribution in [-0.2, 0) is 9.47 Å². The fourth-order valence-electron chi connectivity index (χ4n) is 5.08. The Kier molecular flexibility index (Phi) is 8.66. The summed E-state index contributed by atoms with van der Waals surface area (Å²) in [6.45, 7) is -1.18. The van der Waals surface area contributed by atoms with E-state index in [1.165, 1.54) is 59.1 Å². The molecule has 0 aliphatic carbocycles. The maximum atomic E-state index is 11.4. The van der Waals surface area contributed by atoms with Gasteiger partial charge in [0.25, 0.3) is 0 Å². The van der Waals surface area contributed by atoms with Crippen LogP contribution in [-0.4, -0.2) is 141 Å². The molecule has 10 atom stereocenters. The first kappa shape index (κ1) is 29.5. The molecule has 0 spiro atoms. The fraction of sp³-hybridized carbons (Fsp3) is 0.500. The molecule has 0 radical (unpaired) electrons. The second-order valence-electron chi connectivity index (χ2n) is 9.92. The number of hydrogen-bond donors (Lipinski definition) is 6. The van der Waals surface area contributed by atoms with Crippen LogP contribution < -0.4 is 0 Å². The maximum absolute atomic E-state index is 11.4. The van der Waals surface area contributed by atoms with E-state index in [-0.39, 0.29) is 0 Å². The summed E-state index contributed by atoms with van der Waals surface area (Å²) >= 11 is 0.849. The molecule has 0 bridgehead atoms. The summed E-state index contributed by atoms with van der Waals surface area (Å²) in [7, 11) is 0. The predicted molar refractivity (Wildman–Crippen MR) is 143 cm³/mol. The van der Waals surface area contributed by atoms with E-state index in [4.69, 9.17) is 9.47 Å². The SMILES string of the molecule is OCC1OC(S[C@@H]2O[C@H](CO)C(O)C(n3cc(-c4cncnc4)nn3)C2O)C(O)C(n2cc(-c3cnccn3)nn2)C1O. The van der Waals surface area contributed by atoms with E-state index in [0.29, 0.717) is 22.6 Å². The maximum Gasteiger partial charge on any atom is 0.134 e. The van der Waals surface area contributed by atoms with Crippen LogP contribution in [0.4, 0.5) is 0 Å². The van der Waals surface area contributed by atoms with Gasteiger partial charge in [-0.15, -0.1) is 10.2 Å². The third kappa shape index (κ3) is 5.73. The van der Waals surface area contributed by atoms with Crippen molar-refractivity contribution in [2.24, 2.45) is 0 Å². The van der Waals surface area contributed by atoms with E-state index in [0.717, 1.165) is 11.8 Å². The van der Waals surface area contributed by atoms with E-state index < -0.39 is 72.8 Å². The molecule has 0 amide bonds. The van der Waals surface area contributed by atoms with Gasteiger partial charge in [0.1, 0.15) is 83.0 Å². The molecule has 43 heavy (non-hydrogen) atoms. The van der Waals surface area contributed by atoms with Gasteiger partial charge in [0.15, 0.2) is 0 Å². The lowest BCUT2D eigenvalue weighted by molar-refractivity contribution is -0.189. The molecule has 6 heterocycles. The molecule has 4 aromatic rings. The molecule has 228 valence electrons. The zero-order valence-corrected chi connectivity index (χ0v) is 23.0. The Hall–Kier alpha value is -3.53. The van der Waals surface area contributed by atoms with Gasteiger partial charge in [0.2, 0.25) is 0 Å². The molecule has 2 fully saturated rings. The smallest absolute Gasteiger partial charge is 0.134 e. The number of aliphatic hydroxyl groups excluding tert-OH is 6. The van der Waals surface area contributed by atoms with Crippen LogP contribution in [0.3, 0.4) is 0 Å². The van der Waals surface area contributed by atoms with Gasteiger partial charge >= 0.3 is 0 Å². The highest BCUT2D eigenvalue weighted by Crippen LogP contribution is 2.42. The van der Waals surface area contributed by atoms with Crippen molar-refractivity contribution in [2.75, 3.05) is 13.2 Å². The quantitative estimate of drug-likeness (QED) is 0.117. The third-order valence-electron chi connectivity index (χ3n) is 7.28. The van der Waals surface area contributed by atoms with Gasteiger partial charge < -0.3 is 40.1 Å². The zero-order chi connectivity index (χ0) is 30.1. The lowest BCUT2D eigenvalue weighted by Gasteiger charge is -2.46. The second kappa shape index (κ2) is 12.6. The molecule has 2 aliphatic heterocycles. The first-order valence-electron chi connectivity index (χ1n) is 13.2. The predicted octanol–water partition coefficient (Wildman–Crippen LogP) is -2.82. The Bertz CT molecular complexity index is 1380. The number of aliphatic hydroxyl groups is 6. The van der Waals surface area contributed by atoms with Crippen molar-refractivity contribution in [3.63, 3.8) is 0 Å². The Morgan fingerprint density at radius 2 is 1.23 bits per heavy atom. The number of ether oxygens (including phenoxy) is 2. The van der Waals surface area contributed by atoms with Crippen molar-refractivity contribution in [3.8, 4) is 22.6 Å². The van der Waals surface area contributed by atoms with Gasteiger partial charge in [0, 0.05) is 30.4 Å². The van der Waals surface area contributed by atoms with Crippen LogP contribution in [0.2, 0.25) is 0 Å². The summed E-state index contributed by atoms with van der Waals surface area (Å²) in [6, 6.07) is -2.24. The highest BCUT2D eigenvalue weighted by atomic mass is 32.2. The molecular formula is C24H28N10O8S. The fourth-order valence-corrected chi connectivity index (χ4v) is 6.40. The first-order chi connectivity index (χ1) is 20.9. The highest BCUT2D eigenvalue weighted by molar-refractivity contribution is 8.00. The number of aromatic nitrogens is 10. The van der Waals surface area contributed by atoms with Crippen molar-refractivity contribution in [1.82, 2.24) is 49.9 Å². The van der Waals surface area contributed by atoms with E-state index in [9.17, 15) is 30.6 Å². The Morgan fingerprint density at radius 1 is 0.674 bits per heavy atom. The Balaban J connectivity index is 1.25. The van der Waals surface area contributed by atoms with E-state index in [1.54, 1.807) is 0 Å². The molecule has 2 aliphatic rings. The van der Waals surface area contributed by atoms with Crippen LogP contribution in [0.25, 0.3) is 22.6 Å². The summed E-state index contributed by atoms with van der Waals surface area (Å²) in [4.78, 5) is 16.1. The molecule has 19 heteroatoms. The molecule has 2 saturated heterocycles. The van der Waals surface area contributed by atoms with Crippen LogP contribution in [0.5, 0.6) is 0 Å². The van der Waals surface area contributed by atoms with Gasteiger partial charge in [-0.1, -0.05) is 22.2 Å². The summed E-state index contributed by atoms with van der Waals surface area (Å²) in [5, 5.41) is 80.9. The lowest BCUT2D eigenvalue weighted by Crippen LogP contribution is -2.58. The second-order valence-corrected chi connectivity index (χ2v) is 11.1.